The molecule has 3 aromatic rings. The molecule has 0 saturated carbocycles. The number of hydrogen-bond acceptors (Lipinski definition) is 3. The molecule has 0 bridgehead atoms. The van der Waals surface area contributed by atoms with Crippen LogP contribution in [0.15, 0.2) is 30.5 Å². The van der Waals surface area contributed by atoms with Gasteiger partial charge in [0.2, 0.25) is 0 Å². The number of nitrogens with zero attached hydrogens (tertiary/aromatic N) is 3. The summed E-state index contributed by atoms with van der Waals surface area (Å²) in [5.41, 5.74) is 4.48. The van der Waals surface area contributed by atoms with Gasteiger partial charge in [0.05, 0.1) is 0 Å². The SMILES string of the molecule is FC(F)(F)c1ccc(CCc2ccc3c4c([nH]c3n2)CC2CCCN2C4)cn1. The third kappa shape index (κ3) is 3.17. The van der Waals surface area contributed by atoms with Crippen LogP contribution in [0.5, 0.6) is 0 Å². The first kappa shape index (κ1) is 17.7. The van der Waals surface area contributed by atoms with E-state index < -0.39 is 11.9 Å². The van der Waals surface area contributed by atoms with Gasteiger partial charge in [-0.3, -0.25) is 9.88 Å². The highest BCUT2D eigenvalue weighted by atomic mass is 19.4. The van der Waals surface area contributed by atoms with Gasteiger partial charge in [0.1, 0.15) is 11.3 Å². The van der Waals surface area contributed by atoms with Crippen LogP contribution in [0.4, 0.5) is 13.2 Å². The Kier molecular flexibility index (Phi) is 4.16. The van der Waals surface area contributed by atoms with Crippen molar-refractivity contribution in [3.05, 3.63) is 58.7 Å². The lowest BCUT2D eigenvalue weighted by atomic mass is 9.99. The fourth-order valence-electron chi connectivity index (χ4n) is 4.50. The first-order valence-electron chi connectivity index (χ1n) is 9.73. The Labute approximate surface area is 160 Å². The van der Waals surface area contributed by atoms with Gasteiger partial charge in [-0.1, -0.05) is 6.07 Å². The van der Waals surface area contributed by atoms with Gasteiger partial charge in [0.25, 0.3) is 0 Å². The third-order valence-corrected chi connectivity index (χ3v) is 6.00. The summed E-state index contributed by atoms with van der Waals surface area (Å²) in [7, 11) is 0. The van der Waals surface area contributed by atoms with E-state index in [1.807, 2.05) is 6.07 Å². The Bertz CT molecular complexity index is 1010. The second kappa shape index (κ2) is 6.58. The molecule has 1 saturated heterocycles. The molecule has 28 heavy (non-hydrogen) atoms. The minimum absolute atomic E-state index is 0.611. The van der Waals surface area contributed by atoms with Gasteiger partial charge in [-0.05, 0) is 61.6 Å². The number of H-pyrrole nitrogens is 1. The fraction of sp³-hybridized carbons (Fsp3) is 0.429. The zero-order chi connectivity index (χ0) is 19.3. The van der Waals surface area contributed by atoms with Gasteiger partial charge in [-0.2, -0.15) is 13.2 Å². The van der Waals surface area contributed by atoms with Crippen molar-refractivity contribution in [2.45, 2.75) is 50.9 Å². The molecule has 0 aliphatic carbocycles. The molecule has 1 N–H and O–H groups in total. The largest absolute Gasteiger partial charge is 0.433 e. The highest BCUT2D eigenvalue weighted by molar-refractivity contribution is 5.81. The predicted octanol–water partition coefficient (Wildman–Crippen LogP) is 4.28. The number of rotatable bonds is 3. The maximum Gasteiger partial charge on any atom is 0.433 e. The van der Waals surface area contributed by atoms with Crippen LogP contribution in [0.1, 0.15) is 41.1 Å². The quantitative estimate of drug-likeness (QED) is 0.731. The van der Waals surface area contributed by atoms with Crippen molar-refractivity contribution in [2.24, 2.45) is 0 Å². The van der Waals surface area contributed by atoms with Crippen LogP contribution in [0, 0.1) is 0 Å². The summed E-state index contributed by atoms with van der Waals surface area (Å²) >= 11 is 0. The lowest BCUT2D eigenvalue weighted by molar-refractivity contribution is -0.141. The van der Waals surface area contributed by atoms with E-state index in [1.54, 1.807) is 0 Å². The lowest BCUT2D eigenvalue weighted by Crippen LogP contribution is -2.34. The topological polar surface area (TPSA) is 44.8 Å². The van der Waals surface area contributed by atoms with E-state index in [0.717, 1.165) is 35.9 Å². The summed E-state index contributed by atoms with van der Waals surface area (Å²) in [6.45, 7) is 2.18. The summed E-state index contributed by atoms with van der Waals surface area (Å²) < 4.78 is 37.8. The first-order chi connectivity index (χ1) is 13.5. The molecular formula is C21H21F3N4. The zero-order valence-corrected chi connectivity index (χ0v) is 15.4. The van der Waals surface area contributed by atoms with Crippen molar-refractivity contribution in [1.82, 2.24) is 19.9 Å². The average molecular weight is 386 g/mol. The highest BCUT2D eigenvalue weighted by Gasteiger charge is 2.33. The standard InChI is InChI=1S/C21H21F3N4/c22-21(23,24)19-8-4-13(11-25-19)3-5-14-6-7-16-17-12-28-9-1-2-15(28)10-18(17)27-20(16)26-14/h4,6-8,11,15H,1-3,5,9-10,12H2,(H,26,27). The molecule has 146 valence electrons. The molecule has 7 heteroatoms. The van der Waals surface area contributed by atoms with Crippen molar-refractivity contribution in [3.8, 4) is 0 Å². The monoisotopic (exact) mass is 386 g/mol. The van der Waals surface area contributed by atoms with Crippen molar-refractivity contribution in [1.29, 1.82) is 0 Å². The van der Waals surface area contributed by atoms with Crippen molar-refractivity contribution < 1.29 is 13.2 Å². The second-order valence-corrected chi connectivity index (χ2v) is 7.80. The Balaban J connectivity index is 1.32. The minimum atomic E-state index is -4.40. The van der Waals surface area contributed by atoms with E-state index in [1.165, 1.54) is 48.3 Å². The molecule has 5 heterocycles. The smallest absolute Gasteiger partial charge is 0.343 e. The third-order valence-electron chi connectivity index (χ3n) is 6.00. The number of aromatic amines is 1. The van der Waals surface area contributed by atoms with Gasteiger partial charge in [-0.25, -0.2) is 4.98 Å². The second-order valence-electron chi connectivity index (χ2n) is 7.80. The number of alkyl halides is 3. The van der Waals surface area contributed by atoms with E-state index in [4.69, 9.17) is 4.98 Å². The molecule has 1 fully saturated rings. The van der Waals surface area contributed by atoms with Crippen LogP contribution >= 0.6 is 0 Å². The lowest BCUT2D eigenvalue weighted by Gasteiger charge is -2.29. The summed E-state index contributed by atoms with van der Waals surface area (Å²) in [5, 5.41) is 1.19. The number of hydrogen-bond donors (Lipinski definition) is 1. The van der Waals surface area contributed by atoms with Gasteiger partial charge < -0.3 is 4.98 Å². The van der Waals surface area contributed by atoms with E-state index in [-0.39, 0.29) is 0 Å². The van der Waals surface area contributed by atoms with Crippen molar-refractivity contribution >= 4 is 11.0 Å². The maximum absolute atomic E-state index is 12.6. The molecule has 0 amide bonds. The summed E-state index contributed by atoms with van der Waals surface area (Å²) in [6.07, 6.45) is 1.82. The Morgan fingerprint density at radius 1 is 1.14 bits per heavy atom. The summed E-state index contributed by atoms with van der Waals surface area (Å²) in [6, 6.07) is 7.36. The fourth-order valence-corrected chi connectivity index (χ4v) is 4.50. The predicted molar refractivity (Wildman–Crippen MR) is 99.9 cm³/mol. The van der Waals surface area contributed by atoms with E-state index in [9.17, 15) is 13.2 Å². The number of pyridine rings is 2. The van der Waals surface area contributed by atoms with Crippen LogP contribution < -0.4 is 0 Å². The molecule has 2 aliphatic heterocycles. The van der Waals surface area contributed by atoms with Crippen molar-refractivity contribution in [2.75, 3.05) is 6.54 Å². The van der Waals surface area contributed by atoms with Crippen LogP contribution in [0.25, 0.3) is 11.0 Å². The molecule has 1 unspecified atom stereocenters. The molecule has 4 nitrogen and oxygen atoms in total. The van der Waals surface area contributed by atoms with Gasteiger partial charge in [-0.15, -0.1) is 0 Å². The number of fused-ring (bicyclic) bond motifs is 4. The number of aryl methyl sites for hydroxylation is 2. The molecule has 0 aromatic carbocycles. The highest BCUT2D eigenvalue weighted by Crippen LogP contribution is 2.34. The van der Waals surface area contributed by atoms with E-state index >= 15 is 0 Å². The molecular weight excluding hydrogens is 365 g/mol. The molecule has 5 rings (SSSR count). The van der Waals surface area contributed by atoms with Crippen LogP contribution in [-0.4, -0.2) is 32.4 Å². The number of nitrogens with one attached hydrogen (secondary N) is 1. The molecule has 0 radical (unpaired) electrons. The van der Waals surface area contributed by atoms with E-state index in [2.05, 4.69) is 20.9 Å². The normalized spacial score (nSPS) is 19.8. The molecule has 1 atom stereocenters. The zero-order valence-electron chi connectivity index (χ0n) is 15.4. The van der Waals surface area contributed by atoms with Gasteiger partial charge in [0, 0.05) is 42.0 Å². The molecule has 3 aromatic heterocycles. The first-order valence-corrected chi connectivity index (χ1v) is 9.73. The Hall–Kier alpha value is -2.41. The maximum atomic E-state index is 12.6. The van der Waals surface area contributed by atoms with Gasteiger partial charge in [0.15, 0.2) is 0 Å². The summed E-state index contributed by atoms with van der Waals surface area (Å²) in [4.78, 5) is 14.4. The molecule has 0 spiro atoms. The number of aromatic nitrogens is 3. The molecule has 2 aliphatic rings. The Morgan fingerprint density at radius 3 is 2.82 bits per heavy atom. The van der Waals surface area contributed by atoms with Crippen LogP contribution in [-0.2, 0) is 32.0 Å². The average Bonchev–Trinajstić information content (AvgIpc) is 3.27. The Morgan fingerprint density at radius 2 is 2.04 bits per heavy atom. The minimum Gasteiger partial charge on any atom is -0.343 e. The number of halogens is 3. The van der Waals surface area contributed by atoms with Crippen LogP contribution in [0.2, 0.25) is 0 Å². The van der Waals surface area contributed by atoms with Crippen LogP contribution in [0.3, 0.4) is 0 Å². The summed E-state index contributed by atoms with van der Waals surface area (Å²) in [5.74, 6) is 0. The van der Waals surface area contributed by atoms with Crippen molar-refractivity contribution in [3.63, 3.8) is 0 Å². The van der Waals surface area contributed by atoms with Gasteiger partial charge >= 0.3 is 6.18 Å². The van der Waals surface area contributed by atoms with E-state index in [0.29, 0.717) is 18.9 Å².